The highest BCUT2D eigenvalue weighted by Gasteiger charge is 2.43. The summed E-state index contributed by atoms with van der Waals surface area (Å²) in [5.41, 5.74) is 2.24. The van der Waals surface area contributed by atoms with Crippen molar-refractivity contribution in [3.8, 4) is 11.5 Å². The van der Waals surface area contributed by atoms with Crippen molar-refractivity contribution in [2.24, 2.45) is 5.41 Å². The van der Waals surface area contributed by atoms with E-state index >= 15 is 0 Å². The maximum Gasteiger partial charge on any atom is 0.416 e. The number of allylic oxidation sites excluding steroid dienone is 3. The normalized spacial score (nSPS) is 19.1. The molecule has 4 rings (SSSR count). The second-order valence-electron chi connectivity index (χ2n) is 10.3. The number of carbonyl (C=O) groups excluding carboxylic acids is 2. The molecular weight excluding hydrogens is 499 g/mol. The smallest absolute Gasteiger partial charge is 0.416 e. The highest BCUT2D eigenvalue weighted by molar-refractivity contribution is 6.04. The molecule has 2 aliphatic rings. The van der Waals surface area contributed by atoms with Gasteiger partial charge in [-0.2, -0.15) is 13.2 Å². The van der Waals surface area contributed by atoms with Crippen LogP contribution < -0.4 is 14.8 Å². The standard InChI is InChI=1S/C29H30F3NO5/c1-16-24(27(35)37-5)25(26-20(33-16)13-28(2,3)14-21(26)34)18-9-10-22(23(12-18)36-4)38-15-17-7-6-8-19(11-17)29(30,31)32/h6-12,25,33H,13-15H2,1-5H3. The van der Waals surface area contributed by atoms with Crippen LogP contribution in [0.25, 0.3) is 0 Å². The fraction of sp³-hybridized carbons (Fsp3) is 0.379. The maximum atomic E-state index is 13.4. The van der Waals surface area contributed by atoms with E-state index in [1.807, 2.05) is 13.8 Å². The molecule has 0 aromatic heterocycles. The number of halogens is 3. The number of hydrogen-bond donors (Lipinski definition) is 1. The predicted molar refractivity (Wildman–Crippen MR) is 134 cm³/mol. The number of benzene rings is 2. The number of dihydropyridines is 1. The van der Waals surface area contributed by atoms with E-state index < -0.39 is 23.6 Å². The van der Waals surface area contributed by atoms with Crippen molar-refractivity contribution in [1.29, 1.82) is 0 Å². The monoisotopic (exact) mass is 529 g/mol. The first-order chi connectivity index (χ1) is 17.8. The zero-order chi connectivity index (χ0) is 27.8. The zero-order valence-corrected chi connectivity index (χ0v) is 21.9. The molecule has 9 heteroatoms. The molecule has 1 heterocycles. The van der Waals surface area contributed by atoms with Crippen molar-refractivity contribution >= 4 is 11.8 Å². The number of nitrogens with one attached hydrogen (secondary N) is 1. The molecule has 1 N–H and O–H groups in total. The maximum absolute atomic E-state index is 13.4. The van der Waals surface area contributed by atoms with Crippen molar-refractivity contribution in [3.63, 3.8) is 0 Å². The molecule has 1 atom stereocenters. The van der Waals surface area contributed by atoms with Crippen LogP contribution in [0.3, 0.4) is 0 Å². The van der Waals surface area contributed by atoms with Gasteiger partial charge in [-0.1, -0.05) is 32.0 Å². The molecule has 1 unspecified atom stereocenters. The number of carbonyl (C=O) groups is 2. The Morgan fingerprint density at radius 2 is 1.82 bits per heavy atom. The number of rotatable bonds is 6. The predicted octanol–water partition coefficient (Wildman–Crippen LogP) is 6.07. The molecule has 0 bridgehead atoms. The van der Waals surface area contributed by atoms with Crippen molar-refractivity contribution < 1.29 is 37.0 Å². The van der Waals surface area contributed by atoms with Crippen LogP contribution >= 0.6 is 0 Å². The van der Waals surface area contributed by atoms with Gasteiger partial charge in [-0.15, -0.1) is 0 Å². The quantitative estimate of drug-likeness (QED) is 0.458. The number of alkyl halides is 3. The molecule has 202 valence electrons. The molecule has 2 aromatic carbocycles. The molecule has 0 amide bonds. The number of Topliss-reactive ketones (excluding diaryl/α,β-unsaturated/α-hetero) is 1. The van der Waals surface area contributed by atoms with Gasteiger partial charge in [0.1, 0.15) is 6.61 Å². The van der Waals surface area contributed by atoms with E-state index in [2.05, 4.69) is 5.32 Å². The van der Waals surface area contributed by atoms with Crippen molar-refractivity contribution in [3.05, 3.63) is 81.7 Å². The number of esters is 1. The summed E-state index contributed by atoms with van der Waals surface area (Å²) in [4.78, 5) is 26.2. The minimum Gasteiger partial charge on any atom is -0.493 e. The fourth-order valence-corrected chi connectivity index (χ4v) is 5.13. The molecule has 1 aliphatic carbocycles. The summed E-state index contributed by atoms with van der Waals surface area (Å²) in [5, 5.41) is 3.26. The molecule has 38 heavy (non-hydrogen) atoms. The Hall–Kier alpha value is -3.75. The molecule has 1 aliphatic heterocycles. The fourth-order valence-electron chi connectivity index (χ4n) is 5.13. The summed E-state index contributed by atoms with van der Waals surface area (Å²) in [6.45, 7) is 5.72. The lowest BCUT2D eigenvalue weighted by Gasteiger charge is -2.39. The number of ketones is 1. The number of hydrogen-bond acceptors (Lipinski definition) is 6. The second kappa shape index (κ2) is 10.2. The second-order valence-corrected chi connectivity index (χ2v) is 10.3. The summed E-state index contributed by atoms with van der Waals surface area (Å²) < 4.78 is 55.6. The van der Waals surface area contributed by atoms with E-state index in [1.165, 1.54) is 20.3 Å². The number of ether oxygens (including phenoxy) is 3. The lowest BCUT2D eigenvalue weighted by Crippen LogP contribution is -2.38. The first-order valence-corrected chi connectivity index (χ1v) is 12.1. The third kappa shape index (κ3) is 5.42. The number of methoxy groups -OCH3 is 2. The van der Waals surface area contributed by atoms with Gasteiger partial charge in [-0.3, -0.25) is 4.79 Å². The average Bonchev–Trinajstić information content (AvgIpc) is 2.85. The summed E-state index contributed by atoms with van der Waals surface area (Å²) in [6, 6.07) is 9.96. The van der Waals surface area contributed by atoms with Crippen molar-refractivity contribution in [1.82, 2.24) is 5.32 Å². The van der Waals surface area contributed by atoms with Crippen LogP contribution in [0.15, 0.2) is 65.0 Å². The molecule has 2 aromatic rings. The Balaban J connectivity index is 1.70. The minimum atomic E-state index is -4.45. The third-order valence-corrected chi connectivity index (χ3v) is 6.81. The van der Waals surface area contributed by atoms with Crippen LogP contribution in [-0.2, 0) is 27.1 Å². The first kappa shape index (κ1) is 27.3. The summed E-state index contributed by atoms with van der Waals surface area (Å²) in [7, 11) is 2.74. The van der Waals surface area contributed by atoms with Gasteiger partial charge in [0.15, 0.2) is 17.3 Å². The van der Waals surface area contributed by atoms with Crippen LogP contribution in [0.4, 0.5) is 13.2 Å². The largest absolute Gasteiger partial charge is 0.493 e. The molecular formula is C29H30F3NO5. The Labute approximate surface area is 219 Å². The zero-order valence-electron chi connectivity index (χ0n) is 21.9. The van der Waals surface area contributed by atoms with Gasteiger partial charge in [0.25, 0.3) is 0 Å². The SMILES string of the molecule is COC(=O)C1=C(C)NC2=C(C(=O)CC(C)(C)C2)C1c1ccc(OCc2cccc(C(F)(F)F)c2)c(OC)c1. The van der Waals surface area contributed by atoms with Crippen molar-refractivity contribution in [2.45, 2.75) is 52.3 Å². The van der Waals surface area contributed by atoms with Crippen LogP contribution in [0.1, 0.15) is 56.2 Å². The van der Waals surface area contributed by atoms with Crippen molar-refractivity contribution in [2.75, 3.05) is 14.2 Å². The first-order valence-electron chi connectivity index (χ1n) is 12.1. The third-order valence-electron chi connectivity index (χ3n) is 6.81. The highest BCUT2D eigenvalue weighted by atomic mass is 19.4. The van der Waals surface area contributed by atoms with Crippen LogP contribution in [0.5, 0.6) is 11.5 Å². The summed E-state index contributed by atoms with van der Waals surface area (Å²) in [5.74, 6) is -0.637. The van der Waals surface area contributed by atoms with E-state index in [1.54, 1.807) is 31.2 Å². The van der Waals surface area contributed by atoms with Gasteiger partial charge in [-0.05, 0) is 54.2 Å². The summed E-state index contributed by atoms with van der Waals surface area (Å²) >= 11 is 0. The molecule has 0 saturated carbocycles. The van der Waals surface area contributed by atoms with E-state index in [9.17, 15) is 22.8 Å². The Kier molecular flexibility index (Phi) is 7.32. The lowest BCUT2D eigenvalue weighted by atomic mass is 9.68. The van der Waals surface area contributed by atoms with E-state index in [0.29, 0.717) is 52.3 Å². The Morgan fingerprint density at radius 3 is 2.47 bits per heavy atom. The van der Waals surface area contributed by atoms with Gasteiger partial charge in [0.05, 0.1) is 25.4 Å². The van der Waals surface area contributed by atoms with Gasteiger partial charge in [-0.25, -0.2) is 4.79 Å². The topological polar surface area (TPSA) is 73.9 Å². The Morgan fingerprint density at radius 1 is 1.08 bits per heavy atom. The van der Waals surface area contributed by atoms with Gasteiger partial charge < -0.3 is 19.5 Å². The minimum absolute atomic E-state index is 0.0495. The van der Waals surface area contributed by atoms with E-state index in [0.717, 1.165) is 17.8 Å². The van der Waals surface area contributed by atoms with Gasteiger partial charge in [0.2, 0.25) is 0 Å². The van der Waals surface area contributed by atoms with E-state index in [-0.39, 0.29) is 17.8 Å². The molecule has 6 nitrogen and oxygen atoms in total. The lowest BCUT2D eigenvalue weighted by molar-refractivity contribution is -0.138. The molecule has 0 fully saturated rings. The molecule has 0 radical (unpaired) electrons. The summed E-state index contributed by atoms with van der Waals surface area (Å²) in [6.07, 6.45) is -3.47. The van der Waals surface area contributed by atoms with Gasteiger partial charge in [0, 0.05) is 29.3 Å². The van der Waals surface area contributed by atoms with Crippen LogP contribution in [0, 0.1) is 5.41 Å². The van der Waals surface area contributed by atoms with Gasteiger partial charge >= 0.3 is 12.1 Å². The average molecular weight is 530 g/mol. The van der Waals surface area contributed by atoms with Crippen LogP contribution in [0.2, 0.25) is 0 Å². The van der Waals surface area contributed by atoms with E-state index in [4.69, 9.17) is 14.2 Å². The molecule has 0 spiro atoms. The highest BCUT2D eigenvalue weighted by Crippen LogP contribution is 2.48. The Bertz CT molecular complexity index is 1340. The van der Waals surface area contributed by atoms with Crippen LogP contribution in [-0.4, -0.2) is 26.0 Å². The molecule has 0 saturated heterocycles.